The molecule has 0 bridgehead atoms. The van der Waals surface area contributed by atoms with E-state index in [1.165, 1.54) is 38.5 Å². The lowest BCUT2D eigenvalue weighted by molar-refractivity contribution is 0.616. The van der Waals surface area contributed by atoms with Gasteiger partial charge in [-0.3, -0.25) is 0 Å². The van der Waals surface area contributed by atoms with Gasteiger partial charge in [-0.15, -0.1) is 0 Å². The summed E-state index contributed by atoms with van der Waals surface area (Å²) >= 11 is 5.18. The molecule has 1 aliphatic carbocycles. The van der Waals surface area contributed by atoms with Crippen molar-refractivity contribution in [2.24, 2.45) is 0 Å². The average Bonchev–Trinajstić information content (AvgIpc) is 2.57. The molecule has 94 valence electrons. The highest BCUT2D eigenvalue weighted by Crippen LogP contribution is 2.20. The molecule has 0 unspecified atom stereocenters. The average molecular weight is 251 g/mol. The van der Waals surface area contributed by atoms with E-state index >= 15 is 0 Å². The highest BCUT2D eigenvalue weighted by Gasteiger charge is 2.12. The molecule has 0 aromatic carbocycles. The van der Waals surface area contributed by atoms with Crippen LogP contribution in [0.4, 0.5) is 5.82 Å². The van der Waals surface area contributed by atoms with Crippen molar-refractivity contribution in [1.29, 1.82) is 0 Å². The third-order valence-corrected chi connectivity index (χ3v) is 3.55. The van der Waals surface area contributed by atoms with Crippen molar-refractivity contribution >= 4 is 18.0 Å². The zero-order valence-electron chi connectivity index (χ0n) is 10.5. The third kappa shape index (κ3) is 3.80. The van der Waals surface area contributed by atoms with Crippen LogP contribution in [-0.2, 0) is 6.42 Å². The minimum absolute atomic E-state index is 0.593. The molecule has 1 saturated carbocycles. The Labute approximate surface area is 108 Å². The fourth-order valence-electron chi connectivity index (χ4n) is 2.40. The van der Waals surface area contributed by atoms with Gasteiger partial charge < -0.3 is 10.3 Å². The van der Waals surface area contributed by atoms with E-state index < -0.39 is 0 Å². The lowest BCUT2D eigenvalue weighted by atomic mass is 10.1. The molecule has 17 heavy (non-hydrogen) atoms. The van der Waals surface area contributed by atoms with Gasteiger partial charge in [-0.25, -0.2) is 4.98 Å². The van der Waals surface area contributed by atoms with E-state index in [-0.39, 0.29) is 0 Å². The van der Waals surface area contributed by atoms with E-state index in [0.29, 0.717) is 10.7 Å². The SMILES string of the molecule is CCc1nc(=S)cc(NC2CCCCCC2)[nH]1. The van der Waals surface area contributed by atoms with Crippen molar-refractivity contribution in [3.8, 4) is 0 Å². The number of hydrogen-bond acceptors (Lipinski definition) is 3. The molecule has 4 heteroatoms. The molecule has 0 radical (unpaired) electrons. The second kappa shape index (κ2) is 6.15. The molecule has 2 rings (SSSR count). The van der Waals surface area contributed by atoms with Crippen LogP contribution in [-0.4, -0.2) is 16.0 Å². The van der Waals surface area contributed by atoms with Gasteiger partial charge in [-0.2, -0.15) is 0 Å². The third-order valence-electron chi connectivity index (χ3n) is 3.34. The van der Waals surface area contributed by atoms with Gasteiger partial charge in [0, 0.05) is 18.5 Å². The number of aryl methyl sites for hydroxylation is 1. The van der Waals surface area contributed by atoms with E-state index in [9.17, 15) is 0 Å². The highest BCUT2D eigenvalue weighted by molar-refractivity contribution is 7.71. The van der Waals surface area contributed by atoms with E-state index in [2.05, 4.69) is 22.2 Å². The monoisotopic (exact) mass is 251 g/mol. The second-order valence-electron chi connectivity index (χ2n) is 4.77. The molecule has 0 atom stereocenters. The van der Waals surface area contributed by atoms with Gasteiger partial charge in [0.05, 0.1) is 0 Å². The first kappa shape index (κ1) is 12.6. The largest absolute Gasteiger partial charge is 0.369 e. The number of aromatic nitrogens is 2. The summed E-state index contributed by atoms with van der Waals surface area (Å²) in [7, 11) is 0. The summed E-state index contributed by atoms with van der Waals surface area (Å²) in [6.45, 7) is 2.09. The van der Waals surface area contributed by atoms with Gasteiger partial charge in [0.25, 0.3) is 0 Å². The number of nitrogens with zero attached hydrogens (tertiary/aromatic N) is 1. The molecule has 3 nitrogen and oxygen atoms in total. The van der Waals surface area contributed by atoms with Crippen LogP contribution in [0.2, 0.25) is 0 Å². The smallest absolute Gasteiger partial charge is 0.131 e. The first-order chi connectivity index (χ1) is 8.28. The quantitative estimate of drug-likeness (QED) is 0.633. The molecular formula is C13H21N3S. The van der Waals surface area contributed by atoms with E-state index in [4.69, 9.17) is 12.2 Å². The molecule has 1 aromatic rings. The van der Waals surface area contributed by atoms with Crippen LogP contribution in [0.15, 0.2) is 6.07 Å². The first-order valence-corrected chi connectivity index (χ1v) is 7.05. The van der Waals surface area contributed by atoms with Crippen molar-refractivity contribution in [3.63, 3.8) is 0 Å². The van der Waals surface area contributed by atoms with E-state index in [1.54, 1.807) is 0 Å². The summed E-state index contributed by atoms with van der Waals surface area (Å²) in [4.78, 5) is 7.60. The Morgan fingerprint density at radius 2 is 2.06 bits per heavy atom. The van der Waals surface area contributed by atoms with Crippen molar-refractivity contribution in [1.82, 2.24) is 9.97 Å². The van der Waals surface area contributed by atoms with Gasteiger partial charge in [0.1, 0.15) is 16.3 Å². The Morgan fingerprint density at radius 3 is 2.71 bits per heavy atom. The molecule has 0 aliphatic heterocycles. The summed E-state index contributed by atoms with van der Waals surface area (Å²) in [6.07, 6.45) is 8.86. The summed E-state index contributed by atoms with van der Waals surface area (Å²) in [5, 5.41) is 3.57. The minimum Gasteiger partial charge on any atom is -0.369 e. The standard InChI is InChI=1S/C13H21N3S/c1-2-11-15-12(9-13(17)16-11)14-10-7-5-3-4-6-8-10/h9-10H,2-8H2,1H3,(H2,14,15,16,17). The Bertz CT molecular complexity index is 405. The molecule has 0 spiro atoms. The summed E-state index contributed by atoms with van der Waals surface area (Å²) < 4.78 is 0.678. The maximum absolute atomic E-state index is 5.18. The maximum Gasteiger partial charge on any atom is 0.131 e. The molecule has 2 N–H and O–H groups in total. The predicted octanol–water partition coefficient (Wildman–Crippen LogP) is 3.84. The van der Waals surface area contributed by atoms with Crippen molar-refractivity contribution in [2.75, 3.05) is 5.32 Å². The van der Waals surface area contributed by atoms with Crippen LogP contribution in [0.25, 0.3) is 0 Å². The Morgan fingerprint density at radius 1 is 1.35 bits per heavy atom. The normalized spacial score (nSPS) is 17.7. The van der Waals surface area contributed by atoms with Crippen LogP contribution in [0, 0.1) is 4.64 Å². The first-order valence-electron chi connectivity index (χ1n) is 6.64. The van der Waals surface area contributed by atoms with Gasteiger partial charge in [0.15, 0.2) is 0 Å². The maximum atomic E-state index is 5.18. The number of aromatic amines is 1. The van der Waals surface area contributed by atoms with Crippen LogP contribution < -0.4 is 5.32 Å². The molecule has 1 heterocycles. The highest BCUT2D eigenvalue weighted by atomic mass is 32.1. The van der Waals surface area contributed by atoms with Gasteiger partial charge in [-0.05, 0) is 12.8 Å². The Kier molecular flexibility index (Phi) is 4.54. The fraction of sp³-hybridized carbons (Fsp3) is 0.692. The molecule has 0 amide bonds. The zero-order valence-corrected chi connectivity index (χ0v) is 11.3. The number of H-pyrrole nitrogens is 1. The Balaban J connectivity index is 2.06. The Hall–Kier alpha value is -0.900. The number of rotatable bonds is 3. The van der Waals surface area contributed by atoms with Crippen LogP contribution in [0.5, 0.6) is 0 Å². The van der Waals surface area contributed by atoms with Gasteiger partial charge in [-0.1, -0.05) is 44.8 Å². The number of anilines is 1. The van der Waals surface area contributed by atoms with Crippen molar-refractivity contribution < 1.29 is 0 Å². The number of nitrogens with one attached hydrogen (secondary N) is 2. The topological polar surface area (TPSA) is 40.7 Å². The van der Waals surface area contributed by atoms with Crippen molar-refractivity contribution in [3.05, 3.63) is 16.5 Å². The van der Waals surface area contributed by atoms with Crippen LogP contribution >= 0.6 is 12.2 Å². The molecule has 1 aliphatic rings. The van der Waals surface area contributed by atoms with E-state index in [1.807, 2.05) is 6.07 Å². The predicted molar refractivity (Wildman–Crippen MR) is 73.9 cm³/mol. The lowest BCUT2D eigenvalue weighted by Crippen LogP contribution is -2.19. The summed E-state index contributed by atoms with van der Waals surface area (Å²) in [5.74, 6) is 2.00. The molecule has 0 saturated heterocycles. The van der Waals surface area contributed by atoms with Gasteiger partial charge in [0.2, 0.25) is 0 Å². The fourth-order valence-corrected chi connectivity index (χ4v) is 2.63. The van der Waals surface area contributed by atoms with Gasteiger partial charge >= 0.3 is 0 Å². The molecule has 1 aromatic heterocycles. The van der Waals surface area contributed by atoms with Crippen LogP contribution in [0.3, 0.4) is 0 Å². The van der Waals surface area contributed by atoms with Crippen LogP contribution in [0.1, 0.15) is 51.3 Å². The molecular weight excluding hydrogens is 230 g/mol. The summed E-state index contributed by atoms with van der Waals surface area (Å²) in [5.41, 5.74) is 0. The zero-order chi connectivity index (χ0) is 12.1. The van der Waals surface area contributed by atoms with E-state index in [0.717, 1.165) is 18.1 Å². The minimum atomic E-state index is 0.593. The molecule has 1 fully saturated rings. The number of hydrogen-bond donors (Lipinski definition) is 2. The summed E-state index contributed by atoms with van der Waals surface area (Å²) in [6, 6.07) is 2.52. The van der Waals surface area contributed by atoms with Crippen molar-refractivity contribution in [2.45, 2.75) is 57.9 Å². The lowest BCUT2D eigenvalue weighted by Gasteiger charge is -2.17. The second-order valence-corrected chi connectivity index (χ2v) is 5.18.